The van der Waals surface area contributed by atoms with Gasteiger partial charge in [0.1, 0.15) is 0 Å². The van der Waals surface area contributed by atoms with Crippen LogP contribution in [0.4, 0.5) is 18.9 Å². The highest BCUT2D eigenvalue weighted by atomic mass is 19.4. The highest BCUT2D eigenvalue weighted by Gasteiger charge is 2.27. The molecule has 0 saturated carbocycles. The fourth-order valence-electron chi connectivity index (χ4n) is 2.99. The van der Waals surface area contributed by atoms with Crippen LogP contribution in [0.2, 0.25) is 0 Å². The van der Waals surface area contributed by atoms with Gasteiger partial charge in [-0.25, -0.2) is 0 Å². The Balaban J connectivity index is 2.09. The van der Waals surface area contributed by atoms with Crippen LogP contribution in [0, 0.1) is 0 Å². The molecule has 1 N–H and O–H groups in total. The number of hydrogen-bond donors (Lipinski definition) is 1. The quantitative estimate of drug-likeness (QED) is 0.873. The van der Waals surface area contributed by atoms with Gasteiger partial charge in [0.2, 0.25) is 0 Å². The first kappa shape index (κ1) is 16.1. The summed E-state index contributed by atoms with van der Waals surface area (Å²) in [5, 5.41) is 3.47. The molecular formula is C16H23F3N2. The van der Waals surface area contributed by atoms with Crippen LogP contribution in [0.3, 0.4) is 0 Å². The van der Waals surface area contributed by atoms with Crippen LogP contribution in [-0.4, -0.2) is 25.8 Å². The van der Waals surface area contributed by atoms with Crippen molar-refractivity contribution >= 4 is 5.69 Å². The standard InChI is InChI=1S/C16H23F3N2/c1-2-20-14-8-5-11-21(12-6-10-16(17,18)19)15-9-4-3-7-13(14)15/h3-4,7,9,14,20H,2,5-6,8,10-12H2,1H3. The summed E-state index contributed by atoms with van der Waals surface area (Å²) in [6.45, 7) is 4.27. The summed E-state index contributed by atoms with van der Waals surface area (Å²) < 4.78 is 37.0. The number of benzene rings is 1. The van der Waals surface area contributed by atoms with Crippen molar-refractivity contribution in [2.24, 2.45) is 0 Å². The van der Waals surface area contributed by atoms with Gasteiger partial charge in [-0.05, 0) is 37.4 Å². The van der Waals surface area contributed by atoms with Gasteiger partial charge in [-0.1, -0.05) is 25.1 Å². The molecule has 0 aromatic heterocycles. The average molecular weight is 300 g/mol. The second-order valence-electron chi connectivity index (χ2n) is 5.52. The van der Waals surface area contributed by atoms with Crippen molar-refractivity contribution in [1.82, 2.24) is 5.32 Å². The third-order valence-corrected chi connectivity index (χ3v) is 3.91. The maximum Gasteiger partial charge on any atom is 0.389 e. The first-order chi connectivity index (χ1) is 10.0. The monoisotopic (exact) mass is 300 g/mol. The van der Waals surface area contributed by atoms with Gasteiger partial charge in [0.25, 0.3) is 0 Å². The number of hydrogen-bond acceptors (Lipinski definition) is 2. The summed E-state index contributed by atoms with van der Waals surface area (Å²) in [5.41, 5.74) is 2.30. The Kier molecular flexibility index (Phi) is 5.51. The third kappa shape index (κ3) is 4.63. The number of anilines is 1. The third-order valence-electron chi connectivity index (χ3n) is 3.91. The molecule has 2 nitrogen and oxygen atoms in total. The maximum absolute atomic E-state index is 12.3. The summed E-state index contributed by atoms with van der Waals surface area (Å²) >= 11 is 0. The van der Waals surface area contributed by atoms with Crippen LogP contribution < -0.4 is 10.2 Å². The first-order valence-corrected chi connectivity index (χ1v) is 7.65. The Morgan fingerprint density at radius 1 is 1.29 bits per heavy atom. The molecule has 5 heteroatoms. The predicted octanol–water partition coefficient (Wildman–Crippen LogP) is 4.28. The Morgan fingerprint density at radius 3 is 2.76 bits per heavy atom. The molecule has 1 unspecified atom stereocenters. The van der Waals surface area contributed by atoms with Gasteiger partial charge in [0.15, 0.2) is 0 Å². The minimum atomic E-state index is -4.06. The van der Waals surface area contributed by atoms with Gasteiger partial charge < -0.3 is 10.2 Å². The van der Waals surface area contributed by atoms with Crippen molar-refractivity contribution in [2.45, 2.75) is 44.8 Å². The fraction of sp³-hybridized carbons (Fsp3) is 0.625. The SMILES string of the molecule is CCNC1CCCN(CCCC(F)(F)F)c2ccccc21. The molecule has 21 heavy (non-hydrogen) atoms. The lowest BCUT2D eigenvalue weighted by Crippen LogP contribution is -2.26. The van der Waals surface area contributed by atoms with E-state index in [-0.39, 0.29) is 6.42 Å². The molecular weight excluding hydrogens is 277 g/mol. The van der Waals surface area contributed by atoms with E-state index in [0.717, 1.165) is 31.6 Å². The smallest absolute Gasteiger partial charge is 0.371 e. The van der Waals surface area contributed by atoms with Gasteiger partial charge in [-0.3, -0.25) is 0 Å². The molecule has 0 bridgehead atoms. The van der Waals surface area contributed by atoms with Crippen LogP contribution in [0.15, 0.2) is 24.3 Å². The van der Waals surface area contributed by atoms with E-state index in [1.54, 1.807) is 0 Å². The highest BCUT2D eigenvalue weighted by Crippen LogP contribution is 2.33. The van der Waals surface area contributed by atoms with Crippen molar-refractivity contribution in [2.75, 3.05) is 24.5 Å². The van der Waals surface area contributed by atoms with Gasteiger partial charge in [-0.15, -0.1) is 0 Å². The number of nitrogens with one attached hydrogen (secondary N) is 1. The minimum absolute atomic E-state index is 0.156. The maximum atomic E-state index is 12.3. The van der Waals surface area contributed by atoms with Gasteiger partial charge in [0, 0.05) is 31.2 Å². The summed E-state index contributed by atoms with van der Waals surface area (Å²) in [4.78, 5) is 2.11. The molecule has 2 rings (SSSR count). The fourth-order valence-corrected chi connectivity index (χ4v) is 2.99. The number of para-hydroxylation sites is 1. The normalized spacial score (nSPS) is 19.2. The molecule has 1 aliphatic heterocycles. The van der Waals surface area contributed by atoms with Crippen LogP contribution in [0.1, 0.15) is 44.2 Å². The van der Waals surface area contributed by atoms with E-state index in [0.29, 0.717) is 12.6 Å². The lowest BCUT2D eigenvalue weighted by molar-refractivity contribution is -0.135. The van der Waals surface area contributed by atoms with Crippen LogP contribution in [-0.2, 0) is 0 Å². The molecule has 118 valence electrons. The van der Waals surface area contributed by atoms with Crippen molar-refractivity contribution < 1.29 is 13.2 Å². The van der Waals surface area contributed by atoms with Crippen LogP contribution in [0.25, 0.3) is 0 Å². The predicted molar refractivity (Wildman–Crippen MR) is 79.6 cm³/mol. The molecule has 1 heterocycles. The molecule has 1 aliphatic rings. The Hall–Kier alpha value is -1.23. The van der Waals surface area contributed by atoms with E-state index in [2.05, 4.69) is 23.2 Å². The van der Waals surface area contributed by atoms with Crippen molar-refractivity contribution in [1.29, 1.82) is 0 Å². The second kappa shape index (κ2) is 7.16. The van der Waals surface area contributed by atoms with Gasteiger partial charge in [0.05, 0.1) is 0 Å². The largest absolute Gasteiger partial charge is 0.389 e. The number of nitrogens with zero attached hydrogens (tertiary/aromatic N) is 1. The average Bonchev–Trinajstić information content (AvgIpc) is 2.59. The summed E-state index contributed by atoms with van der Waals surface area (Å²) in [7, 11) is 0. The molecule has 1 aromatic rings. The molecule has 0 saturated heterocycles. The molecule has 0 fully saturated rings. The van der Waals surface area contributed by atoms with E-state index in [4.69, 9.17) is 0 Å². The van der Waals surface area contributed by atoms with Crippen LogP contribution in [0.5, 0.6) is 0 Å². The molecule has 0 radical (unpaired) electrons. The summed E-state index contributed by atoms with van der Waals surface area (Å²) in [6, 6.07) is 8.38. The van der Waals surface area contributed by atoms with Gasteiger partial charge >= 0.3 is 6.18 Å². The van der Waals surface area contributed by atoms with Crippen molar-refractivity contribution in [3.05, 3.63) is 29.8 Å². The lowest BCUT2D eigenvalue weighted by Gasteiger charge is -2.26. The first-order valence-electron chi connectivity index (χ1n) is 7.65. The Bertz CT molecular complexity index is 445. The van der Waals surface area contributed by atoms with E-state index in [1.165, 1.54) is 5.56 Å². The zero-order valence-corrected chi connectivity index (χ0v) is 12.4. The molecule has 0 aliphatic carbocycles. The van der Waals surface area contributed by atoms with E-state index in [1.807, 2.05) is 18.2 Å². The molecule has 1 atom stereocenters. The second-order valence-corrected chi connectivity index (χ2v) is 5.52. The number of fused-ring (bicyclic) bond motifs is 1. The van der Waals surface area contributed by atoms with Crippen LogP contribution >= 0.6 is 0 Å². The zero-order valence-electron chi connectivity index (χ0n) is 12.4. The Morgan fingerprint density at radius 2 is 2.05 bits per heavy atom. The zero-order chi connectivity index (χ0) is 15.3. The topological polar surface area (TPSA) is 15.3 Å². The Labute approximate surface area is 124 Å². The van der Waals surface area contributed by atoms with Gasteiger partial charge in [-0.2, -0.15) is 13.2 Å². The summed E-state index contributed by atoms with van der Waals surface area (Å²) in [5.74, 6) is 0. The van der Waals surface area contributed by atoms with Crippen molar-refractivity contribution in [3.63, 3.8) is 0 Å². The molecule has 0 spiro atoms. The molecule has 1 aromatic carbocycles. The molecule has 0 amide bonds. The van der Waals surface area contributed by atoms with E-state index >= 15 is 0 Å². The number of halogens is 3. The lowest BCUT2D eigenvalue weighted by atomic mass is 10.0. The van der Waals surface area contributed by atoms with E-state index in [9.17, 15) is 13.2 Å². The summed E-state index contributed by atoms with van der Waals surface area (Å²) in [6.07, 6.45) is -2.58. The minimum Gasteiger partial charge on any atom is -0.371 e. The highest BCUT2D eigenvalue weighted by molar-refractivity contribution is 5.55. The van der Waals surface area contributed by atoms with E-state index < -0.39 is 12.6 Å². The number of rotatable bonds is 5. The number of alkyl halides is 3. The van der Waals surface area contributed by atoms with Crippen molar-refractivity contribution in [3.8, 4) is 0 Å².